The molecule has 0 radical (unpaired) electrons. The number of nitrogens with zero attached hydrogens (tertiary/aromatic N) is 7. The molecule has 0 bridgehead atoms. The van der Waals surface area contributed by atoms with Crippen molar-refractivity contribution in [2.75, 3.05) is 0 Å². The number of imidazole rings is 1. The van der Waals surface area contributed by atoms with Crippen molar-refractivity contribution >= 4 is 22.5 Å². The van der Waals surface area contributed by atoms with Gasteiger partial charge in [-0.1, -0.05) is 28.9 Å². The van der Waals surface area contributed by atoms with Crippen molar-refractivity contribution < 1.29 is 13.2 Å². The number of rotatable bonds is 5. The van der Waals surface area contributed by atoms with E-state index in [2.05, 4.69) is 30.5 Å². The Hall–Kier alpha value is -4.78. The number of hydrogen-bond acceptors (Lipinski definition) is 6. The van der Waals surface area contributed by atoms with Crippen LogP contribution in [0.25, 0.3) is 39.1 Å². The molecule has 210 valence electrons. The maximum Gasteiger partial charge on any atom is 0.283 e. The lowest BCUT2D eigenvalue weighted by molar-refractivity contribution is 0.146. The smallest absolute Gasteiger partial charge is 0.283 e. The lowest BCUT2D eigenvalue weighted by Crippen LogP contribution is -2.27. The first-order chi connectivity index (χ1) is 20.3. The van der Waals surface area contributed by atoms with Crippen LogP contribution in [0.3, 0.4) is 0 Å². The zero-order chi connectivity index (χ0) is 28.9. The second kappa shape index (κ2) is 8.86. The molecule has 2 aromatic carbocycles. The first kappa shape index (κ1) is 25.0. The van der Waals surface area contributed by atoms with Gasteiger partial charge in [-0.2, -0.15) is 9.49 Å². The quantitative estimate of drug-likeness (QED) is 0.274. The number of aromatic amines is 2. The Labute approximate surface area is 239 Å². The standard InChI is InChI=1S/C28H19ClF3N9O/c1-11-14-4-2-12(6-19(14)37-36-11)23-26(32)35-27(34-23)24-15-8-16(15)28-33-18(9-22(42)41(24)28)17-7-13(29)3-5-21(17)40-10-20(25(30)31)38-39-40/h2-7,9-10,15-16,24-25H,8H2,1H3,(H,34,35)(H,36,37). The fourth-order valence-electron chi connectivity index (χ4n) is 5.97. The number of H-pyrrole nitrogens is 2. The molecule has 3 atom stereocenters. The van der Waals surface area contributed by atoms with Crippen molar-refractivity contribution in [3.63, 3.8) is 0 Å². The molecule has 2 aliphatic rings. The molecule has 0 saturated heterocycles. The molecule has 3 unspecified atom stereocenters. The molecule has 5 heterocycles. The molecule has 0 amide bonds. The highest BCUT2D eigenvalue weighted by atomic mass is 35.5. The normalized spacial score (nSPS) is 19.0. The zero-order valence-corrected chi connectivity index (χ0v) is 22.4. The summed E-state index contributed by atoms with van der Waals surface area (Å²) in [7, 11) is 0. The van der Waals surface area contributed by atoms with E-state index in [0.717, 1.165) is 23.7 Å². The van der Waals surface area contributed by atoms with E-state index in [1.165, 1.54) is 10.7 Å². The van der Waals surface area contributed by atoms with E-state index in [9.17, 15) is 13.6 Å². The van der Waals surface area contributed by atoms with Crippen LogP contribution >= 0.6 is 11.6 Å². The molecule has 2 N–H and O–H groups in total. The van der Waals surface area contributed by atoms with E-state index in [-0.39, 0.29) is 23.1 Å². The van der Waals surface area contributed by atoms with Gasteiger partial charge in [0, 0.05) is 39.2 Å². The minimum atomic E-state index is -2.79. The number of halogens is 4. The van der Waals surface area contributed by atoms with Crippen molar-refractivity contribution in [1.82, 2.24) is 44.7 Å². The summed E-state index contributed by atoms with van der Waals surface area (Å²) in [6.07, 6.45) is -0.899. The van der Waals surface area contributed by atoms with E-state index < -0.39 is 24.1 Å². The average Bonchev–Trinajstić information content (AvgIpc) is 3.30. The fourth-order valence-corrected chi connectivity index (χ4v) is 6.14. The van der Waals surface area contributed by atoms with Gasteiger partial charge in [-0.15, -0.1) is 5.10 Å². The summed E-state index contributed by atoms with van der Waals surface area (Å²) >= 11 is 6.28. The molecule has 1 saturated carbocycles. The third kappa shape index (κ3) is 3.73. The van der Waals surface area contributed by atoms with E-state index >= 15 is 4.39 Å². The predicted molar refractivity (Wildman–Crippen MR) is 146 cm³/mol. The van der Waals surface area contributed by atoms with Crippen LogP contribution in [-0.4, -0.2) is 44.7 Å². The van der Waals surface area contributed by atoms with Gasteiger partial charge in [0.2, 0.25) is 5.95 Å². The van der Waals surface area contributed by atoms with Crippen LogP contribution < -0.4 is 5.56 Å². The Morgan fingerprint density at radius 3 is 2.79 bits per heavy atom. The number of fused-ring (bicyclic) bond motifs is 4. The van der Waals surface area contributed by atoms with Gasteiger partial charge in [0.25, 0.3) is 12.0 Å². The van der Waals surface area contributed by atoms with Gasteiger partial charge in [-0.05, 0) is 43.5 Å². The highest BCUT2D eigenvalue weighted by molar-refractivity contribution is 6.31. The maximum absolute atomic E-state index is 15.2. The average molecular weight is 590 g/mol. The van der Waals surface area contributed by atoms with E-state index in [4.69, 9.17) is 16.6 Å². The van der Waals surface area contributed by atoms with Gasteiger partial charge in [0.1, 0.15) is 23.0 Å². The number of aromatic nitrogens is 9. The van der Waals surface area contributed by atoms with Gasteiger partial charge >= 0.3 is 0 Å². The number of nitrogens with one attached hydrogen (secondary N) is 2. The van der Waals surface area contributed by atoms with Gasteiger partial charge in [-0.25, -0.2) is 23.4 Å². The number of benzene rings is 2. The molecule has 4 aromatic heterocycles. The first-order valence-corrected chi connectivity index (χ1v) is 13.5. The van der Waals surface area contributed by atoms with Crippen LogP contribution in [0.1, 0.15) is 47.8 Å². The van der Waals surface area contributed by atoms with Crippen LogP contribution in [-0.2, 0) is 0 Å². The third-order valence-electron chi connectivity index (χ3n) is 8.03. The van der Waals surface area contributed by atoms with Crippen molar-refractivity contribution in [3.05, 3.63) is 93.0 Å². The van der Waals surface area contributed by atoms with Gasteiger partial charge in [-0.3, -0.25) is 14.5 Å². The van der Waals surface area contributed by atoms with Crippen molar-refractivity contribution in [2.45, 2.75) is 31.7 Å². The minimum Gasteiger partial charge on any atom is -0.317 e. The Kier molecular flexibility index (Phi) is 5.27. The second-order valence-corrected chi connectivity index (χ2v) is 11.0. The molecule has 6 aromatic rings. The van der Waals surface area contributed by atoms with Crippen molar-refractivity contribution in [1.29, 1.82) is 0 Å². The molecular formula is C28H19ClF3N9O. The van der Waals surface area contributed by atoms with Gasteiger partial charge < -0.3 is 4.98 Å². The molecular weight excluding hydrogens is 571 g/mol. The summed E-state index contributed by atoms with van der Waals surface area (Å²) in [5.41, 5.74) is 2.64. The Balaban J connectivity index is 1.20. The number of alkyl halides is 2. The van der Waals surface area contributed by atoms with Crippen molar-refractivity contribution in [2.24, 2.45) is 5.92 Å². The Bertz CT molecular complexity index is 2110. The highest BCUT2D eigenvalue weighted by Crippen LogP contribution is 2.60. The third-order valence-corrected chi connectivity index (χ3v) is 8.26. The fraction of sp³-hybridized carbons (Fsp3) is 0.214. The van der Waals surface area contributed by atoms with Crippen LogP contribution in [0.5, 0.6) is 0 Å². The summed E-state index contributed by atoms with van der Waals surface area (Å²) < 4.78 is 44.3. The van der Waals surface area contributed by atoms with Crippen LogP contribution in [0.15, 0.2) is 53.5 Å². The molecule has 8 rings (SSSR count). The van der Waals surface area contributed by atoms with E-state index in [0.29, 0.717) is 44.7 Å². The SMILES string of the molecule is Cc1[nH]nc2cc(-c3nc(C4C5CC5c5nc(-c6cc(Cl)ccc6-n6cc(C(F)F)nn6)cc(=O)n54)[nH]c3F)ccc12. The van der Waals surface area contributed by atoms with Crippen LogP contribution in [0, 0.1) is 18.8 Å². The molecule has 1 aliphatic heterocycles. The Morgan fingerprint density at radius 2 is 1.98 bits per heavy atom. The number of hydrogen-bond donors (Lipinski definition) is 2. The van der Waals surface area contributed by atoms with Gasteiger partial charge in [0.15, 0.2) is 0 Å². The molecule has 42 heavy (non-hydrogen) atoms. The second-order valence-electron chi connectivity index (χ2n) is 10.6. The van der Waals surface area contributed by atoms with Gasteiger partial charge in [0.05, 0.1) is 29.1 Å². The maximum atomic E-state index is 15.2. The molecule has 10 nitrogen and oxygen atoms in total. The molecule has 1 aliphatic carbocycles. The van der Waals surface area contributed by atoms with Crippen LogP contribution in [0.4, 0.5) is 13.2 Å². The number of aryl methyl sites for hydroxylation is 1. The molecule has 14 heteroatoms. The monoisotopic (exact) mass is 589 g/mol. The highest BCUT2D eigenvalue weighted by Gasteiger charge is 2.55. The minimum absolute atomic E-state index is 0.0120. The largest absolute Gasteiger partial charge is 0.317 e. The Morgan fingerprint density at radius 1 is 1.12 bits per heavy atom. The summed E-state index contributed by atoms with van der Waals surface area (Å²) in [5.74, 6) is 0.311. The summed E-state index contributed by atoms with van der Waals surface area (Å²) in [6.45, 7) is 1.91. The topological polar surface area (TPSA) is 123 Å². The van der Waals surface area contributed by atoms with Crippen LogP contribution in [0.2, 0.25) is 5.02 Å². The molecule has 1 fully saturated rings. The lowest BCUT2D eigenvalue weighted by Gasteiger charge is -2.17. The lowest BCUT2D eigenvalue weighted by atomic mass is 10.1. The summed E-state index contributed by atoms with van der Waals surface area (Å²) in [6, 6.07) is 11.1. The zero-order valence-electron chi connectivity index (χ0n) is 21.7. The van der Waals surface area contributed by atoms with E-state index in [1.54, 1.807) is 34.9 Å². The summed E-state index contributed by atoms with van der Waals surface area (Å²) in [5, 5.41) is 15.9. The summed E-state index contributed by atoms with van der Waals surface area (Å²) in [4.78, 5) is 25.8. The van der Waals surface area contributed by atoms with E-state index in [1.807, 2.05) is 13.0 Å². The van der Waals surface area contributed by atoms with Crippen molar-refractivity contribution in [3.8, 4) is 28.2 Å². The first-order valence-electron chi connectivity index (χ1n) is 13.1. The molecule has 0 spiro atoms. The predicted octanol–water partition coefficient (Wildman–Crippen LogP) is 5.50.